The first-order valence-electron chi connectivity index (χ1n) is 12.2. The number of nitrogens with zero attached hydrogens (tertiary/aromatic N) is 1. The zero-order chi connectivity index (χ0) is 23.3. The predicted molar refractivity (Wildman–Crippen MR) is 142 cm³/mol. The normalized spacial score (nSPS) is 14.8. The monoisotopic (exact) mass is 433 g/mol. The summed E-state index contributed by atoms with van der Waals surface area (Å²) in [6.45, 7) is 18.1. The highest BCUT2D eigenvalue weighted by Crippen LogP contribution is 2.19. The van der Waals surface area contributed by atoms with Crippen LogP contribution in [0.2, 0.25) is 0 Å². The Balaban J connectivity index is 2.09. The van der Waals surface area contributed by atoms with Crippen LogP contribution < -0.4 is 10.6 Å². The summed E-state index contributed by atoms with van der Waals surface area (Å²) in [4.78, 5) is 2.39. The van der Waals surface area contributed by atoms with Crippen molar-refractivity contribution < 1.29 is 0 Å². The summed E-state index contributed by atoms with van der Waals surface area (Å²) in [6.07, 6.45) is 14.6. The molecule has 1 aromatic carbocycles. The van der Waals surface area contributed by atoms with E-state index in [1.807, 2.05) is 0 Å². The Hall–Kier alpha value is -2.68. The number of unbranched alkanes of at least 4 members (excludes halogenated alkanes) is 1. The Labute approximate surface area is 196 Å². The molecule has 1 heterocycles. The van der Waals surface area contributed by atoms with E-state index in [-0.39, 0.29) is 0 Å². The number of allylic oxidation sites excluding steroid dienone is 6. The van der Waals surface area contributed by atoms with Crippen molar-refractivity contribution in [1.29, 1.82) is 0 Å². The highest BCUT2D eigenvalue weighted by atomic mass is 15.2. The van der Waals surface area contributed by atoms with E-state index in [0.29, 0.717) is 0 Å². The van der Waals surface area contributed by atoms with Gasteiger partial charge in [0.05, 0.1) is 5.82 Å². The van der Waals surface area contributed by atoms with Gasteiger partial charge in [0.1, 0.15) is 0 Å². The zero-order valence-corrected chi connectivity index (χ0v) is 20.9. The van der Waals surface area contributed by atoms with Gasteiger partial charge in [-0.2, -0.15) is 0 Å². The SMILES string of the molecule is C=C(Nc1ccc(CCC)cc1)N(CCCC)CC1=CC=C(/C(C)=C\C(C)=C/C)NCC1. The van der Waals surface area contributed by atoms with Crippen LogP contribution in [0.4, 0.5) is 5.69 Å². The minimum atomic E-state index is 0.905. The van der Waals surface area contributed by atoms with E-state index in [0.717, 1.165) is 50.4 Å². The first-order chi connectivity index (χ1) is 15.5. The summed E-state index contributed by atoms with van der Waals surface area (Å²) in [5.74, 6) is 0.976. The minimum Gasteiger partial charge on any atom is -0.385 e. The van der Waals surface area contributed by atoms with Gasteiger partial charge in [0.2, 0.25) is 0 Å². The van der Waals surface area contributed by atoms with Crippen molar-refractivity contribution in [3.8, 4) is 0 Å². The first-order valence-corrected chi connectivity index (χ1v) is 12.2. The standard InChI is InChI=1S/C29H43N3/c1-7-10-20-32(25(6)31-28-15-12-26(11-8-2)13-16-28)22-27-14-17-29(30-19-18-27)24(5)21-23(4)9-3/h9,12-17,21,30-31H,6-8,10-11,18-20,22H2,1-5H3/b23-9-,24-21-. The Kier molecular flexibility index (Phi) is 10.9. The molecule has 3 heteroatoms. The number of benzene rings is 1. The van der Waals surface area contributed by atoms with Crippen LogP contribution in [-0.4, -0.2) is 24.5 Å². The highest BCUT2D eigenvalue weighted by molar-refractivity contribution is 5.48. The summed E-state index contributed by atoms with van der Waals surface area (Å²) in [7, 11) is 0. The molecule has 0 radical (unpaired) electrons. The van der Waals surface area contributed by atoms with Gasteiger partial charge in [-0.3, -0.25) is 0 Å². The molecule has 0 saturated carbocycles. The molecule has 2 N–H and O–H groups in total. The van der Waals surface area contributed by atoms with Gasteiger partial charge in [-0.25, -0.2) is 0 Å². The predicted octanol–water partition coefficient (Wildman–Crippen LogP) is 7.34. The fourth-order valence-corrected chi connectivity index (χ4v) is 3.80. The van der Waals surface area contributed by atoms with E-state index in [1.54, 1.807) is 0 Å². The molecule has 0 aromatic heterocycles. The molecule has 3 nitrogen and oxygen atoms in total. The van der Waals surface area contributed by atoms with Gasteiger partial charge in [0.15, 0.2) is 0 Å². The molecular formula is C29H43N3. The molecule has 0 unspecified atom stereocenters. The van der Waals surface area contributed by atoms with E-state index in [1.165, 1.54) is 40.8 Å². The lowest BCUT2D eigenvalue weighted by Crippen LogP contribution is -2.30. The highest BCUT2D eigenvalue weighted by Gasteiger charge is 2.12. The van der Waals surface area contributed by atoms with Crippen LogP contribution in [0.15, 0.2) is 83.4 Å². The largest absolute Gasteiger partial charge is 0.385 e. The Bertz CT molecular complexity index is 853. The molecule has 0 bridgehead atoms. The second kappa shape index (κ2) is 13.7. The molecule has 1 aliphatic rings. The topological polar surface area (TPSA) is 27.3 Å². The molecule has 0 spiro atoms. The average molecular weight is 434 g/mol. The van der Waals surface area contributed by atoms with Crippen LogP contribution in [0.3, 0.4) is 0 Å². The molecule has 0 amide bonds. The molecular weight excluding hydrogens is 390 g/mol. The fourth-order valence-electron chi connectivity index (χ4n) is 3.80. The number of hydrogen-bond donors (Lipinski definition) is 2. The van der Waals surface area contributed by atoms with Crippen molar-refractivity contribution in [1.82, 2.24) is 10.2 Å². The van der Waals surface area contributed by atoms with E-state index < -0.39 is 0 Å². The van der Waals surface area contributed by atoms with Crippen LogP contribution in [0.5, 0.6) is 0 Å². The zero-order valence-electron chi connectivity index (χ0n) is 20.9. The molecule has 1 aromatic rings. The van der Waals surface area contributed by atoms with E-state index in [2.05, 4.69) is 105 Å². The summed E-state index contributed by atoms with van der Waals surface area (Å²) in [5.41, 5.74) is 7.70. The van der Waals surface area contributed by atoms with Gasteiger partial charge < -0.3 is 15.5 Å². The van der Waals surface area contributed by atoms with Crippen LogP contribution in [-0.2, 0) is 6.42 Å². The summed E-state index contributed by atoms with van der Waals surface area (Å²) >= 11 is 0. The molecule has 0 atom stereocenters. The van der Waals surface area contributed by atoms with Gasteiger partial charge in [-0.1, -0.05) is 69.2 Å². The molecule has 0 fully saturated rings. The number of hydrogen-bond acceptors (Lipinski definition) is 3. The molecule has 0 saturated heterocycles. The Morgan fingerprint density at radius 2 is 1.88 bits per heavy atom. The third kappa shape index (κ3) is 8.45. The van der Waals surface area contributed by atoms with Crippen LogP contribution in [0.1, 0.15) is 65.9 Å². The maximum atomic E-state index is 4.38. The van der Waals surface area contributed by atoms with Crippen molar-refractivity contribution in [2.24, 2.45) is 0 Å². The van der Waals surface area contributed by atoms with Gasteiger partial charge in [0, 0.05) is 31.0 Å². The van der Waals surface area contributed by atoms with Gasteiger partial charge in [-0.15, -0.1) is 0 Å². The summed E-state index contributed by atoms with van der Waals surface area (Å²) < 4.78 is 0. The number of aryl methyl sites for hydroxylation is 1. The van der Waals surface area contributed by atoms with Gasteiger partial charge >= 0.3 is 0 Å². The number of anilines is 1. The fraction of sp³-hybridized carbons (Fsp3) is 0.448. The van der Waals surface area contributed by atoms with Crippen molar-refractivity contribution in [3.63, 3.8) is 0 Å². The lowest BCUT2D eigenvalue weighted by atomic mass is 10.1. The van der Waals surface area contributed by atoms with Crippen molar-refractivity contribution in [2.45, 2.75) is 66.7 Å². The second-order valence-electron chi connectivity index (χ2n) is 8.74. The summed E-state index contributed by atoms with van der Waals surface area (Å²) in [5, 5.41) is 7.14. The third-order valence-corrected chi connectivity index (χ3v) is 5.91. The molecule has 1 aliphatic heterocycles. The first kappa shape index (κ1) is 25.6. The van der Waals surface area contributed by atoms with Crippen LogP contribution >= 0.6 is 0 Å². The lowest BCUT2D eigenvalue weighted by Gasteiger charge is -2.28. The lowest BCUT2D eigenvalue weighted by molar-refractivity contribution is 0.365. The molecule has 2 rings (SSSR count). The minimum absolute atomic E-state index is 0.905. The Morgan fingerprint density at radius 1 is 1.12 bits per heavy atom. The summed E-state index contributed by atoms with van der Waals surface area (Å²) in [6, 6.07) is 8.76. The quantitative estimate of drug-likeness (QED) is 0.338. The van der Waals surface area contributed by atoms with E-state index >= 15 is 0 Å². The number of nitrogens with one attached hydrogen (secondary N) is 2. The van der Waals surface area contributed by atoms with E-state index in [4.69, 9.17) is 0 Å². The maximum absolute atomic E-state index is 4.38. The average Bonchev–Trinajstić information content (AvgIpc) is 3.03. The molecule has 0 aliphatic carbocycles. The van der Waals surface area contributed by atoms with Crippen molar-refractivity contribution in [3.05, 3.63) is 88.9 Å². The molecule has 174 valence electrons. The number of rotatable bonds is 12. The smallest absolute Gasteiger partial charge is 0.0986 e. The third-order valence-electron chi connectivity index (χ3n) is 5.91. The van der Waals surface area contributed by atoms with Gasteiger partial charge in [-0.05, 0) is 75.0 Å². The Morgan fingerprint density at radius 3 is 2.53 bits per heavy atom. The van der Waals surface area contributed by atoms with Gasteiger partial charge in [0.25, 0.3) is 0 Å². The molecule has 32 heavy (non-hydrogen) atoms. The second-order valence-corrected chi connectivity index (χ2v) is 8.74. The van der Waals surface area contributed by atoms with Crippen molar-refractivity contribution >= 4 is 5.69 Å². The van der Waals surface area contributed by atoms with Crippen molar-refractivity contribution in [2.75, 3.05) is 25.0 Å². The van der Waals surface area contributed by atoms with Crippen LogP contribution in [0, 0.1) is 0 Å². The van der Waals surface area contributed by atoms with E-state index in [9.17, 15) is 0 Å². The maximum Gasteiger partial charge on any atom is 0.0986 e. The van der Waals surface area contributed by atoms with Crippen LogP contribution in [0.25, 0.3) is 0 Å².